The molecule has 6 nitrogen and oxygen atoms in total. The number of aromatic nitrogens is 5. The van der Waals surface area contributed by atoms with E-state index in [1.165, 1.54) is 10.9 Å². The van der Waals surface area contributed by atoms with Gasteiger partial charge in [0, 0.05) is 17.6 Å². The van der Waals surface area contributed by atoms with Gasteiger partial charge >= 0.3 is 0 Å². The predicted octanol–water partition coefficient (Wildman–Crippen LogP) is 2.89. The fraction of sp³-hybridized carbons (Fsp3) is 0.0588. The third-order valence-corrected chi connectivity index (χ3v) is 3.92. The average Bonchev–Trinajstić information content (AvgIpc) is 3.03. The summed E-state index contributed by atoms with van der Waals surface area (Å²) in [6.07, 6.45) is 4.41. The van der Waals surface area contributed by atoms with Crippen LogP contribution >= 0.6 is 11.6 Å². The number of hydrogen-bond donors (Lipinski definition) is 1. The Labute approximate surface area is 145 Å². The molecule has 8 heteroatoms. The second-order valence-electron chi connectivity index (χ2n) is 5.48. The first-order valence-electron chi connectivity index (χ1n) is 7.42. The van der Waals surface area contributed by atoms with Crippen molar-refractivity contribution in [2.75, 3.05) is 0 Å². The Balaban J connectivity index is 1.63. The van der Waals surface area contributed by atoms with Crippen LogP contribution in [0.25, 0.3) is 16.7 Å². The fourth-order valence-electron chi connectivity index (χ4n) is 2.52. The zero-order chi connectivity index (χ0) is 17.4. The molecule has 124 valence electrons. The van der Waals surface area contributed by atoms with Gasteiger partial charge < -0.3 is 4.98 Å². The van der Waals surface area contributed by atoms with Gasteiger partial charge in [0.2, 0.25) is 0 Å². The lowest BCUT2D eigenvalue weighted by atomic mass is 10.2. The van der Waals surface area contributed by atoms with E-state index in [0.717, 1.165) is 11.8 Å². The fourth-order valence-corrected chi connectivity index (χ4v) is 2.69. The van der Waals surface area contributed by atoms with Crippen molar-refractivity contribution < 1.29 is 4.39 Å². The second-order valence-corrected chi connectivity index (χ2v) is 5.92. The van der Waals surface area contributed by atoms with Crippen molar-refractivity contribution in [2.24, 2.45) is 0 Å². The average molecular weight is 356 g/mol. The molecule has 0 amide bonds. The highest BCUT2D eigenvalue weighted by molar-refractivity contribution is 6.31. The topological polar surface area (TPSA) is 76.5 Å². The number of rotatable bonds is 3. The summed E-state index contributed by atoms with van der Waals surface area (Å²) in [5, 5.41) is 4.80. The monoisotopic (exact) mass is 355 g/mol. The highest BCUT2D eigenvalue weighted by Crippen LogP contribution is 2.15. The molecule has 0 aliphatic heterocycles. The van der Waals surface area contributed by atoms with Crippen LogP contribution in [0, 0.1) is 5.82 Å². The minimum atomic E-state index is -0.427. The Kier molecular flexibility index (Phi) is 3.77. The van der Waals surface area contributed by atoms with E-state index in [1.807, 2.05) is 6.07 Å². The van der Waals surface area contributed by atoms with E-state index in [-0.39, 0.29) is 5.56 Å². The van der Waals surface area contributed by atoms with E-state index >= 15 is 0 Å². The lowest BCUT2D eigenvalue weighted by Crippen LogP contribution is -2.12. The molecule has 0 unspecified atom stereocenters. The van der Waals surface area contributed by atoms with Gasteiger partial charge in [0.05, 0.1) is 23.3 Å². The molecule has 1 aromatic carbocycles. The van der Waals surface area contributed by atoms with Crippen LogP contribution in [0.15, 0.2) is 53.7 Å². The highest BCUT2D eigenvalue weighted by Gasteiger charge is 2.07. The number of hydrogen-bond acceptors (Lipinski definition) is 4. The molecule has 25 heavy (non-hydrogen) atoms. The molecule has 3 heterocycles. The van der Waals surface area contributed by atoms with Crippen molar-refractivity contribution in [3.8, 4) is 5.82 Å². The van der Waals surface area contributed by atoms with Crippen LogP contribution in [-0.4, -0.2) is 24.7 Å². The zero-order valence-electron chi connectivity index (χ0n) is 12.8. The highest BCUT2D eigenvalue weighted by atomic mass is 35.5. The van der Waals surface area contributed by atoms with Gasteiger partial charge in [0.1, 0.15) is 5.82 Å². The largest absolute Gasteiger partial charge is 0.310 e. The van der Waals surface area contributed by atoms with Gasteiger partial charge in [-0.2, -0.15) is 5.10 Å². The molecule has 0 bridgehead atoms. The van der Waals surface area contributed by atoms with E-state index in [2.05, 4.69) is 20.1 Å². The summed E-state index contributed by atoms with van der Waals surface area (Å²) in [6, 6.07) is 8.55. The lowest BCUT2D eigenvalue weighted by Gasteiger charge is -2.05. The van der Waals surface area contributed by atoms with Crippen LogP contribution in [0.3, 0.4) is 0 Å². The van der Waals surface area contributed by atoms with Crippen molar-refractivity contribution >= 4 is 22.5 Å². The molecule has 0 aliphatic carbocycles. The Hall–Kier alpha value is -3.06. The predicted molar refractivity (Wildman–Crippen MR) is 91.5 cm³/mol. The summed E-state index contributed by atoms with van der Waals surface area (Å²) in [6.45, 7) is 0. The summed E-state index contributed by atoms with van der Waals surface area (Å²) in [5.41, 5.74) is 1.20. The van der Waals surface area contributed by atoms with Crippen LogP contribution in [0.5, 0.6) is 0 Å². The Bertz CT molecular complexity index is 1120. The summed E-state index contributed by atoms with van der Waals surface area (Å²) < 4.78 is 14.4. The zero-order valence-corrected chi connectivity index (χ0v) is 13.5. The SMILES string of the molecule is O=c1[nH]c(Cc2ccc(-n3cc(F)cn3)nc2)nc2ccc(Cl)cc12. The van der Waals surface area contributed by atoms with E-state index in [0.29, 0.717) is 34.0 Å². The second kappa shape index (κ2) is 6.10. The van der Waals surface area contributed by atoms with Crippen LogP contribution in [0.2, 0.25) is 5.02 Å². The van der Waals surface area contributed by atoms with Crippen LogP contribution in [0.4, 0.5) is 4.39 Å². The van der Waals surface area contributed by atoms with Gasteiger partial charge in [-0.25, -0.2) is 19.0 Å². The van der Waals surface area contributed by atoms with Gasteiger partial charge in [-0.3, -0.25) is 4.79 Å². The lowest BCUT2D eigenvalue weighted by molar-refractivity contribution is 0.627. The first kappa shape index (κ1) is 15.5. The smallest absolute Gasteiger partial charge is 0.258 e. The van der Waals surface area contributed by atoms with E-state index in [1.54, 1.807) is 30.5 Å². The number of nitrogens with one attached hydrogen (secondary N) is 1. The molecule has 0 radical (unpaired) electrons. The number of aromatic amines is 1. The number of pyridine rings is 1. The first-order valence-corrected chi connectivity index (χ1v) is 7.80. The van der Waals surface area contributed by atoms with Crippen molar-refractivity contribution in [2.45, 2.75) is 6.42 Å². The molecular weight excluding hydrogens is 345 g/mol. The molecule has 0 saturated carbocycles. The number of nitrogens with zero attached hydrogens (tertiary/aromatic N) is 4. The summed E-state index contributed by atoms with van der Waals surface area (Å²) in [4.78, 5) is 23.6. The van der Waals surface area contributed by atoms with Crippen LogP contribution in [0.1, 0.15) is 11.4 Å². The van der Waals surface area contributed by atoms with E-state index in [9.17, 15) is 9.18 Å². The van der Waals surface area contributed by atoms with Crippen molar-refractivity contribution in [3.05, 3.63) is 81.5 Å². The Morgan fingerprint density at radius 2 is 2.08 bits per heavy atom. The summed E-state index contributed by atoms with van der Waals surface area (Å²) in [5.74, 6) is 0.602. The third kappa shape index (κ3) is 3.14. The summed E-state index contributed by atoms with van der Waals surface area (Å²) >= 11 is 5.91. The molecule has 0 spiro atoms. The quantitative estimate of drug-likeness (QED) is 0.613. The molecule has 4 rings (SSSR count). The molecular formula is C17H11ClFN5O. The number of fused-ring (bicyclic) bond motifs is 1. The van der Waals surface area contributed by atoms with Crippen LogP contribution in [-0.2, 0) is 6.42 Å². The number of benzene rings is 1. The van der Waals surface area contributed by atoms with E-state index < -0.39 is 5.82 Å². The maximum absolute atomic E-state index is 13.0. The molecule has 4 aromatic rings. The van der Waals surface area contributed by atoms with Crippen LogP contribution < -0.4 is 5.56 Å². The minimum Gasteiger partial charge on any atom is -0.310 e. The molecule has 0 atom stereocenters. The van der Waals surface area contributed by atoms with Gasteiger partial charge in [-0.15, -0.1) is 0 Å². The van der Waals surface area contributed by atoms with Crippen molar-refractivity contribution in [1.29, 1.82) is 0 Å². The van der Waals surface area contributed by atoms with Gasteiger partial charge in [-0.1, -0.05) is 17.7 Å². The Morgan fingerprint density at radius 1 is 1.20 bits per heavy atom. The molecule has 0 aliphatic rings. The van der Waals surface area contributed by atoms with Crippen molar-refractivity contribution in [3.63, 3.8) is 0 Å². The molecule has 0 fully saturated rings. The number of halogens is 2. The normalized spacial score (nSPS) is 11.1. The number of H-pyrrole nitrogens is 1. The summed E-state index contributed by atoms with van der Waals surface area (Å²) in [7, 11) is 0. The minimum absolute atomic E-state index is 0.237. The van der Waals surface area contributed by atoms with Gasteiger partial charge in [0.25, 0.3) is 5.56 Å². The van der Waals surface area contributed by atoms with Gasteiger partial charge in [0.15, 0.2) is 11.6 Å². The standard InChI is InChI=1S/C17H11ClFN5O/c18-11-2-3-14-13(6-11)17(25)23-15(22-14)5-10-1-4-16(20-7-10)24-9-12(19)8-21-24/h1-4,6-9H,5H2,(H,22,23,25). The maximum Gasteiger partial charge on any atom is 0.258 e. The molecule has 0 saturated heterocycles. The van der Waals surface area contributed by atoms with E-state index in [4.69, 9.17) is 11.6 Å². The Morgan fingerprint density at radius 3 is 2.80 bits per heavy atom. The molecule has 3 aromatic heterocycles. The van der Waals surface area contributed by atoms with Gasteiger partial charge in [-0.05, 0) is 29.8 Å². The first-order chi connectivity index (χ1) is 12.1. The third-order valence-electron chi connectivity index (χ3n) is 3.68. The molecule has 1 N–H and O–H groups in total. The van der Waals surface area contributed by atoms with Crippen molar-refractivity contribution in [1.82, 2.24) is 24.7 Å². The maximum atomic E-state index is 13.0.